The molecule has 0 unspecified atom stereocenters. The number of hydrogen-bond acceptors (Lipinski definition) is 6. The molecule has 0 aliphatic carbocycles. The number of hydrogen-bond donors (Lipinski definition) is 3. The highest BCUT2D eigenvalue weighted by molar-refractivity contribution is 7.16. The molecule has 0 saturated heterocycles. The van der Waals surface area contributed by atoms with Crippen LogP contribution in [0.15, 0.2) is 35.4 Å². The third-order valence-corrected chi connectivity index (χ3v) is 7.13. The molecular formula is C25H28N4O4S. The molecule has 0 aliphatic heterocycles. The second-order valence-corrected chi connectivity index (χ2v) is 9.99. The lowest BCUT2D eigenvalue weighted by Gasteiger charge is -2.13. The minimum absolute atomic E-state index is 0.241. The minimum Gasteiger partial charge on any atom is -0.486 e. The molecule has 9 heteroatoms. The van der Waals surface area contributed by atoms with Gasteiger partial charge in [-0.1, -0.05) is 6.07 Å². The summed E-state index contributed by atoms with van der Waals surface area (Å²) in [6.07, 6.45) is 3.54. The zero-order chi connectivity index (χ0) is 24.8. The number of thiophene rings is 1. The highest BCUT2D eigenvalue weighted by atomic mass is 32.1. The van der Waals surface area contributed by atoms with Gasteiger partial charge in [0.1, 0.15) is 23.6 Å². The molecule has 0 atom stereocenters. The van der Waals surface area contributed by atoms with Crippen molar-refractivity contribution in [1.29, 1.82) is 0 Å². The Bertz CT molecular complexity index is 1460. The van der Waals surface area contributed by atoms with Gasteiger partial charge >= 0.3 is 0 Å². The number of aromatic amines is 1. The minimum atomic E-state index is -1.08. The Morgan fingerprint density at radius 2 is 2.03 bits per heavy atom. The van der Waals surface area contributed by atoms with Crippen molar-refractivity contribution in [2.75, 3.05) is 7.05 Å². The summed E-state index contributed by atoms with van der Waals surface area (Å²) in [6.45, 7) is 7.67. The Labute approximate surface area is 201 Å². The van der Waals surface area contributed by atoms with E-state index in [-0.39, 0.29) is 18.1 Å². The van der Waals surface area contributed by atoms with E-state index in [9.17, 15) is 14.7 Å². The van der Waals surface area contributed by atoms with Crippen LogP contribution in [0, 0.1) is 13.8 Å². The molecule has 0 radical (unpaired) electrons. The first kappa shape index (κ1) is 23.7. The number of aryl methyl sites for hydroxylation is 3. The molecule has 0 aromatic carbocycles. The Balaban J connectivity index is 1.87. The summed E-state index contributed by atoms with van der Waals surface area (Å²) in [5.74, 6) is 0.261. The summed E-state index contributed by atoms with van der Waals surface area (Å²) < 4.78 is 7.70. The van der Waals surface area contributed by atoms with Crippen LogP contribution in [0.1, 0.15) is 46.0 Å². The topological polar surface area (TPSA) is 109 Å². The van der Waals surface area contributed by atoms with Gasteiger partial charge in [0, 0.05) is 42.3 Å². The van der Waals surface area contributed by atoms with E-state index in [1.807, 2.05) is 19.9 Å². The lowest BCUT2D eigenvalue weighted by atomic mass is 10.1. The molecule has 0 aliphatic rings. The lowest BCUT2D eigenvalue weighted by molar-refractivity contribution is 0.0823. The molecule has 4 rings (SSSR count). The SMILES string of the molecule is CNC(=O)c1cc2c(-c3sc(C(C)(C)O)cc3OCc3ncc(C)cc3C)cn(C)c(=O)c2[nH]1. The molecule has 34 heavy (non-hydrogen) atoms. The number of nitrogens with zero attached hydrogens (tertiary/aromatic N) is 2. The van der Waals surface area contributed by atoms with Gasteiger partial charge in [0.2, 0.25) is 0 Å². The number of ether oxygens (including phenoxy) is 1. The fraction of sp³-hybridized carbons (Fsp3) is 0.320. The van der Waals surface area contributed by atoms with Crippen molar-refractivity contribution >= 4 is 28.1 Å². The normalized spacial score (nSPS) is 11.7. The average Bonchev–Trinajstić information content (AvgIpc) is 3.40. The first-order valence-electron chi connectivity index (χ1n) is 10.9. The number of fused-ring (bicyclic) bond motifs is 1. The summed E-state index contributed by atoms with van der Waals surface area (Å²) in [7, 11) is 3.20. The van der Waals surface area contributed by atoms with Gasteiger partial charge < -0.3 is 24.7 Å². The van der Waals surface area contributed by atoms with E-state index in [4.69, 9.17) is 4.74 Å². The van der Waals surface area contributed by atoms with E-state index in [0.29, 0.717) is 22.3 Å². The first-order chi connectivity index (χ1) is 16.0. The van der Waals surface area contributed by atoms with E-state index in [0.717, 1.165) is 32.1 Å². The molecule has 0 saturated carbocycles. The molecule has 0 bridgehead atoms. The van der Waals surface area contributed by atoms with Crippen LogP contribution >= 0.6 is 11.3 Å². The van der Waals surface area contributed by atoms with E-state index in [1.165, 1.54) is 23.0 Å². The Hall–Kier alpha value is -3.43. The van der Waals surface area contributed by atoms with Gasteiger partial charge in [-0.2, -0.15) is 0 Å². The van der Waals surface area contributed by atoms with Crippen molar-refractivity contribution in [1.82, 2.24) is 19.9 Å². The summed E-state index contributed by atoms with van der Waals surface area (Å²) in [4.78, 5) is 33.9. The van der Waals surface area contributed by atoms with E-state index in [1.54, 1.807) is 39.4 Å². The number of aromatic nitrogens is 3. The predicted molar refractivity (Wildman–Crippen MR) is 134 cm³/mol. The predicted octanol–water partition coefficient (Wildman–Crippen LogP) is 3.77. The first-order valence-corrected chi connectivity index (χ1v) is 11.7. The number of nitrogens with one attached hydrogen (secondary N) is 2. The van der Waals surface area contributed by atoms with Gasteiger partial charge in [-0.15, -0.1) is 11.3 Å². The van der Waals surface area contributed by atoms with Crippen molar-refractivity contribution < 1.29 is 14.6 Å². The Morgan fingerprint density at radius 3 is 2.68 bits per heavy atom. The molecule has 178 valence electrons. The Morgan fingerprint density at radius 1 is 1.29 bits per heavy atom. The van der Waals surface area contributed by atoms with Crippen molar-refractivity contribution in [3.63, 3.8) is 0 Å². The fourth-order valence-electron chi connectivity index (χ4n) is 3.78. The molecule has 4 heterocycles. The number of carbonyl (C=O) groups excluding carboxylic acids is 1. The highest BCUT2D eigenvalue weighted by Crippen LogP contribution is 2.44. The number of pyridine rings is 2. The van der Waals surface area contributed by atoms with Gasteiger partial charge in [0.05, 0.1) is 16.2 Å². The number of H-pyrrole nitrogens is 1. The van der Waals surface area contributed by atoms with Gasteiger partial charge in [-0.05, 0) is 51.0 Å². The van der Waals surface area contributed by atoms with Crippen LogP contribution in [0.4, 0.5) is 0 Å². The molecular weight excluding hydrogens is 452 g/mol. The zero-order valence-corrected chi connectivity index (χ0v) is 20.9. The molecule has 0 spiro atoms. The second-order valence-electron chi connectivity index (χ2n) is 8.94. The third-order valence-electron chi connectivity index (χ3n) is 5.67. The number of amides is 1. The summed E-state index contributed by atoms with van der Waals surface area (Å²) in [5.41, 5.74) is 2.97. The molecule has 4 aromatic heterocycles. The molecule has 0 fully saturated rings. The maximum atomic E-state index is 12.8. The van der Waals surface area contributed by atoms with Gasteiger partial charge in [0.15, 0.2) is 0 Å². The van der Waals surface area contributed by atoms with E-state index in [2.05, 4.69) is 21.4 Å². The van der Waals surface area contributed by atoms with Crippen LogP contribution in [0.25, 0.3) is 21.3 Å². The number of carbonyl (C=O) groups is 1. The van der Waals surface area contributed by atoms with Gasteiger partial charge in [0.25, 0.3) is 11.5 Å². The van der Waals surface area contributed by atoms with E-state index < -0.39 is 5.60 Å². The lowest BCUT2D eigenvalue weighted by Crippen LogP contribution is -2.19. The van der Waals surface area contributed by atoms with Crippen LogP contribution < -0.4 is 15.6 Å². The quantitative estimate of drug-likeness (QED) is 0.389. The second kappa shape index (κ2) is 8.73. The van der Waals surface area contributed by atoms with Crippen LogP contribution in [-0.4, -0.2) is 32.6 Å². The maximum absolute atomic E-state index is 12.8. The summed E-state index contributed by atoms with van der Waals surface area (Å²) in [6, 6.07) is 5.55. The van der Waals surface area contributed by atoms with Crippen LogP contribution in [0.3, 0.4) is 0 Å². The average molecular weight is 481 g/mol. The molecule has 4 aromatic rings. The zero-order valence-electron chi connectivity index (χ0n) is 20.1. The molecule has 3 N–H and O–H groups in total. The smallest absolute Gasteiger partial charge is 0.274 e. The maximum Gasteiger partial charge on any atom is 0.274 e. The van der Waals surface area contributed by atoms with E-state index >= 15 is 0 Å². The van der Waals surface area contributed by atoms with Crippen LogP contribution in [0.5, 0.6) is 5.75 Å². The summed E-state index contributed by atoms with van der Waals surface area (Å²) >= 11 is 1.39. The molecule has 8 nitrogen and oxygen atoms in total. The molecule has 1 amide bonds. The van der Waals surface area contributed by atoms with Crippen LogP contribution in [0.2, 0.25) is 0 Å². The third kappa shape index (κ3) is 4.36. The van der Waals surface area contributed by atoms with Crippen molar-refractivity contribution in [3.8, 4) is 16.2 Å². The van der Waals surface area contributed by atoms with Crippen molar-refractivity contribution in [2.24, 2.45) is 7.05 Å². The van der Waals surface area contributed by atoms with Crippen molar-refractivity contribution in [3.05, 3.63) is 68.3 Å². The van der Waals surface area contributed by atoms with Gasteiger partial charge in [-0.25, -0.2) is 0 Å². The van der Waals surface area contributed by atoms with Crippen molar-refractivity contribution in [2.45, 2.75) is 39.9 Å². The monoisotopic (exact) mass is 480 g/mol. The number of rotatable bonds is 6. The Kier molecular flexibility index (Phi) is 6.09. The fourth-order valence-corrected chi connectivity index (χ4v) is 4.91. The largest absolute Gasteiger partial charge is 0.486 e. The number of aliphatic hydroxyl groups is 1. The summed E-state index contributed by atoms with van der Waals surface area (Å²) in [5, 5.41) is 13.9. The standard InChI is InChI=1S/C25H28N4O4S/c1-13-7-14(2)18(27-10-13)12-33-19-9-20(25(3,4)32)34-22(19)16-11-29(6)24(31)21-15(16)8-17(28-21)23(30)26-5/h7-11,28,32H,12H2,1-6H3,(H,26,30). The van der Waals surface area contributed by atoms with Gasteiger partial charge in [-0.3, -0.25) is 14.6 Å². The van der Waals surface area contributed by atoms with Crippen LogP contribution in [-0.2, 0) is 19.3 Å². The highest BCUT2D eigenvalue weighted by Gasteiger charge is 2.25.